The SMILES string of the molecule is COc1c(C)cccc1CN1CCC(O)(c2ccc(C)cc2)CC1. The van der Waals surface area contributed by atoms with Crippen LogP contribution in [0.3, 0.4) is 0 Å². The molecule has 0 aromatic heterocycles. The lowest BCUT2D eigenvalue weighted by molar-refractivity contribution is -0.0278. The van der Waals surface area contributed by atoms with Crippen LogP contribution in [0.5, 0.6) is 5.75 Å². The van der Waals surface area contributed by atoms with Gasteiger partial charge in [-0.1, -0.05) is 48.0 Å². The highest BCUT2D eigenvalue weighted by molar-refractivity contribution is 5.40. The highest BCUT2D eigenvalue weighted by atomic mass is 16.5. The van der Waals surface area contributed by atoms with Gasteiger partial charge in [0.1, 0.15) is 5.75 Å². The van der Waals surface area contributed by atoms with E-state index in [0.717, 1.165) is 43.8 Å². The summed E-state index contributed by atoms with van der Waals surface area (Å²) in [5.41, 5.74) is 3.97. The molecule has 1 aliphatic heterocycles. The Bertz CT molecular complexity index is 685. The van der Waals surface area contributed by atoms with Gasteiger partial charge in [0, 0.05) is 25.2 Å². The van der Waals surface area contributed by atoms with Gasteiger partial charge in [-0.15, -0.1) is 0 Å². The number of aryl methyl sites for hydroxylation is 2. The van der Waals surface area contributed by atoms with Crippen molar-refractivity contribution < 1.29 is 9.84 Å². The van der Waals surface area contributed by atoms with Gasteiger partial charge in [0.2, 0.25) is 0 Å². The normalized spacial score (nSPS) is 17.7. The van der Waals surface area contributed by atoms with Gasteiger partial charge in [-0.25, -0.2) is 0 Å². The van der Waals surface area contributed by atoms with Crippen molar-refractivity contribution in [2.75, 3.05) is 20.2 Å². The lowest BCUT2D eigenvalue weighted by Crippen LogP contribution is -2.42. The van der Waals surface area contributed by atoms with Gasteiger partial charge in [-0.2, -0.15) is 0 Å². The van der Waals surface area contributed by atoms with E-state index < -0.39 is 5.60 Å². The molecule has 1 fully saturated rings. The molecule has 0 saturated carbocycles. The molecule has 2 aromatic rings. The lowest BCUT2D eigenvalue weighted by Gasteiger charge is -2.38. The largest absolute Gasteiger partial charge is 0.496 e. The molecular formula is C21H27NO2. The van der Waals surface area contributed by atoms with Crippen LogP contribution >= 0.6 is 0 Å². The molecule has 1 N–H and O–H groups in total. The maximum atomic E-state index is 11.0. The minimum Gasteiger partial charge on any atom is -0.496 e. The number of methoxy groups -OCH3 is 1. The summed E-state index contributed by atoms with van der Waals surface area (Å²) in [5, 5.41) is 11.0. The smallest absolute Gasteiger partial charge is 0.126 e. The van der Waals surface area contributed by atoms with Crippen LogP contribution in [0.1, 0.15) is 35.1 Å². The van der Waals surface area contributed by atoms with Crippen LogP contribution in [-0.2, 0) is 12.1 Å². The molecule has 1 saturated heterocycles. The summed E-state index contributed by atoms with van der Waals surface area (Å²) in [7, 11) is 1.73. The molecule has 0 spiro atoms. The maximum absolute atomic E-state index is 11.0. The Morgan fingerprint density at radius 3 is 2.33 bits per heavy atom. The summed E-state index contributed by atoms with van der Waals surface area (Å²) in [6.45, 7) is 6.80. The molecule has 3 nitrogen and oxygen atoms in total. The average molecular weight is 325 g/mol. The Hall–Kier alpha value is -1.84. The molecule has 24 heavy (non-hydrogen) atoms. The fourth-order valence-electron chi connectivity index (χ4n) is 3.60. The molecule has 0 bridgehead atoms. The van der Waals surface area contributed by atoms with Crippen molar-refractivity contribution in [1.82, 2.24) is 4.90 Å². The summed E-state index contributed by atoms with van der Waals surface area (Å²) >= 11 is 0. The van der Waals surface area contributed by atoms with E-state index >= 15 is 0 Å². The number of hydrogen-bond donors (Lipinski definition) is 1. The van der Waals surface area contributed by atoms with E-state index in [1.54, 1.807) is 7.11 Å². The molecule has 0 atom stereocenters. The van der Waals surface area contributed by atoms with Crippen LogP contribution < -0.4 is 4.74 Å². The summed E-state index contributed by atoms with van der Waals surface area (Å²) in [4.78, 5) is 2.40. The molecule has 0 amide bonds. The van der Waals surface area contributed by atoms with Crippen LogP contribution in [0.2, 0.25) is 0 Å². The van der Waals surface area contributed by atoms with Gasteiger partial charge in [0.05, 0.1) is 12.7 Å². The van der Waals surface area contributed by atoms with Crippen LogP contribution in [0, 0.1) is 13.8 Å². The van der Waals surface area contributed by atoms with Crippen molar-refractivity contribution in [3.63, 3.8) is 0 Å². The molecule has 1 aliphatic rings. The number of para-hydroxylation sites is 1. The zero-order valence-electron chi connectivity index (χ0n) is 14.9. The summed E-state index contributed by atoms with van der Waals surface area (Å²) in [6, 6.07) is 14.6. The molecule has 3 rings (SSSR count). The number of benzene rings is 2. The van der Waals surface area contributed by atoms with Crippen LogP contribution in [0.15, 0.2) is 42.5 Å². The number of hydrogen-bond acceptors (Lipinski definition) is 3. The quantitative estimate of drug-likeness (QED) is 0.928. The summed E-state index contributed by atoms with van der Waals surface area (Å²) in [5.74, 6) is 0.983. The number of ether oxygens (including phenoxy) is 1. The Morgan fingerprint density at radius 1 is 1.04 bits per heavy atom. The third-order valence-electron chi connectivity index (χ3n) is 5.16. The van der Waals surface area contributed by atoms with Gasteiger partial charge >= 0.3 is 0 Å². The van der Waals surface area contributed by atoms with E-state index in [2.05, 4.69) is 61.2 Å². The summed E-state index contributed by atoms with van der Waals surface area (Å²) < 4.78 is 5.56. The number of aliphatic hydroxyl groups is 1. The standard InChI is InChI=1S/C21H27NO2/c1-16-7-9-19(10-8-16)21(23)11-13-22(14-12-21)15-18-6-4-5-17(2)20(18)24-3/h4-10,23H,11-15H2,1-3H3. The first-order valence-corrected chi connectivity index (χ1v) is 8.66. The molecule has 2 aromatic carbocycles. The van der Waals surface area contributed by atoms with Gasteiger partial charge < -0.3 is 9.84 Å². The maximum Gasteiger partial charge on any atom is 0.126 e. The van der Waals surface area contributed by atoms with E-state index in [0.29, 0.717) is 0 Å². The molecule has 3 heteroatoms. The fourth-order valence-corrected chi connectivity index (χ4v) is 3.60. The van der Waals surface area contributed by atoms with Crippen molar-refractivity contribution in [3.8, 4) is 5.75 Å². The Labute approximate surface area is 144 Å². The number of nitrogens with zero attached hydrogens (tertiary/aromatic N) is 1. The fraction of sp³-hybridized carbons (Fsp3) is 0.429. The molecule has 0 aliphatic carbocycles. The topological polar surface area (TPSA) is 32.7 Å². The van der Waals surface area contributed by atoms with Crippen molar-refractivity contribution >= 4 is 0 Å². The highest BCUT2D eigenvalue weighted by Crippen LogP contribution is 2.34. The van der Waals surface area contributed by atoms with E-state index in [-0.39, 0.29) is 0 Å². The summed E-state index contributed by atoms with van der Waals surface area (Å²) in [6.07, 6.45) is 1.54. The molecular weight excluding hydrogens is 298 g/mol. The number of rotatable bonds is 4. The van der Waals surface area contributed by atoms with E-state index in [1.807, 2.05) is 0 Å². The third-order valence-corrected chi connectivity index (χ3v) is 5.16. The van der Waals surface area contributed by atoms with Crippen molar-refractivity contribution in [2.45, 2.75) is 38.8 Å². The van der Waals surface area contributed by atoms with Crippen molar-refractivity contribution in [1.29, 1.82) is 0 Å². The molecule has 1 heterocycles. The minimum atomic E-state index is -0.694. The monoisotopic (exact) mass is 325 g/mol. The third kappa shape index (κ3) is 3.47. The molecule has 128 valence electrons. The van der Waals surface area contributed by atoms with Gasteiger partial charge in [0.15, 0.2) is 0 Å². The Kier molecular flexibility index (Phi) is 4.93. The molecule has 0 radical (unpaired) electrons. The van der Waals surface area contributed by atoms with Crippen molar-refractivity contribution in [3.05, 3.63) is 64.7 Å². The molecule has 0 unspecified atom stereocenters. The predicted octanol–water partition coefficient (Wildman–Crippen LogP) is 3.80. The zero-order valence-corrected chi connectivity index (χ0v) is 14.9. The van der Waals surface area contributed by atoms with Crippen LogP contribution in [-0.4, -0.2) is 30.2 Å². The average Bonchev–Trinajstić information content (AvgIpc) is 2.58. The second-order valence-electron chi connectivity index (χ2n) is 6.94. The first kappa shape index (κ1) is 17.0. The second-order valence-corrected chi connectivity index (χ2v) is 6.94. The van der Waals surface area contributed by atoms with Crippen LogP contribution in [0.4, 0.5) is 0 Å². The van der Waals surface area contributed by atoms with Gasteiger partial charge in [-0.3, -0.25) is 4.90 Å². The van der Waals surface area contributed by atoms with E-state index in [1.165, 1.54) is 16.7 Å². The zero-order chi connectivity index (χ0) is 17.2. The second kappa shape index (κ2) is 6.96. The van der Waals surface area contributed by atoms with Crippen LogP contribution in [0.25, 0.3) is 0 Å². The number of likely N-dealkylation sites (tertiary alicyclic amines) is 1. The van der Waals surface area contributed by atoms with E-state index in [4.69, 9.17) is 4.74 Å². The van der Waals surface area contributed by atoms with Gasteiger partial charge in [-0.05, 0) is 37.8 Å². The first-order valence-electron chi connectivity index (χ1n) is 8.66. The highest BCUT2D eigenvalue weighted by Gasteiger charge is 2.34. The first-order chi connectivity index (χ1) is 11.5. The lowest BCUT2D eigenvalue weighted by atomic mass is 9.84. The minimum absolute atomic E-state index is 0.694. The number of piperidine rings is 1. The van der Waals surface area contributed by atoms with Crippen molar-refractivity contribution in [2.24, 2.45) is 0 Å². The Balaban J connectivity index is 1.67. The Morgan fingerprint density at radius 2 is 1.71 bits per heavy atom. The van der Waals surface area contributed by atoms with E-state index in [9.17, 15) is 5.11 Å². The predicted molar refractivity (Wildman–Crippen MR) is 97.3 cm³/mol. The van der Waals surface area contributed by atoms with Gasteiger partial charge in [0.25, 0.3) is 0 Å².